The Morgan fingerprint density at radius 3 is 2.59 bits per heavy atom. The van der Waals surface area contributed by atoms with Crippen LogP contribution in [0.25, 0.3) is 21.3 Å². The molecule has 1 aromatic carbocycles. The predicted octanol–water partition coefficient (Wildman–Crippen LogP) is 6.71. The summed E-state index contributed by atoms with van der Waals surface area (Å²) in [6.45, 7) is 5.35. The van der Waals surface area contributed by atoms with Crippen molar-refractivity contribution in [1.82, 2.24) is 4.98 Å². The second-order valence-corrected chi connectivity index (χ2v) is 7.91. The first-order chi connectivity index (χ1) is 13.5. The van der Waals surface area contributed by atoms with Crippen LogP contribution in [0.1, 0.15) is 52.0 Å². The van der Waals surface area contributed by atoms with Gasteiger partial charge in [0.25, 0.3) is 0 Å². The van der Waals surface area contributed by atoms with Crippen LogP contribution in [-0.2, 0) is 26.5 Å². The average Bonchev–Trinajstić information content (AvgIpc) is 3.14. The van der Waals surface area contributed by atoms with Crippen LogP contribution in [0, 0.1) is 6.07 Å². The molecule has 0 saturated heterocycles. The van der Waals surface area contributed by atoms with E-state index in [-0.39, 0.29) is 25.9 Å². The third-order valence-electron chi connectivity index (χ3n) is 4.31. The van der Waals surface area contributed by atoms with Crippen LogP contribution >= 0.6 is 11.3 Å². The maximum absolute atomic E-state index is 8.49. The van der Waals surface area contributed by atoms with Crippen molar-refractivity contribution in [2.75, 3.05) is 0 Å². The van der Waals surface area contributed by atoms with Gasteiger partial charge in [-0.1, -0.05) is 45.1 Å². The average molecular weight is 589 g/mol. The number of allylic oxidation sites excluding steroid dienone is 1. The van der Waals surface area contributed by atoms with E-state index in [9.17, 15) is 0 Å². The molecule has 29 heavy (non-hydrogen) atoms. The monoisotopic (exact) mass is 589 g/mol. The molecule has 0 aliphatic heterocycles. The van der Waals surface area contributed by atoms with E-state index >= 15 is 0 Å². The third-order valence-corrected chi connectivity index (χ3v) is 5.20. The van der Waals surface area contributed by atoms with Gasteiger partial charge < -0.3 is 15.2 Å². The van der Waals surface area contributed by atoms with Gasteiger partial charge in [0, 0.05) is 31.0 Å². The van der Waals surface area contributed by atoms with E-state index in [0.29, 0.717) is 0 Å². The molecule has 1 unspecified atom stereocenters. The topological polar surface area (TPSA) is 53.4 Å². The van der Waals surface area contributed by atoms with E-state index in [0.717, 1.165) is 17.7 Å². The summed E-state index contributed by atoms with van der Waals surface area (Å²) in [5.41, 5.74) is 3.52. The molecule has 0 spiro atoms. The summed E-state index contributed by atoms with van der Waals surface area (Å²) in [7, 11) is 0. The van der Waals surface area contributed by atoms with E-state index < -0.39 is 6.10 Å². The van der Waals surface area contributed by atoms with Crippen molar-refractivity contribution in [2.24, 2.45) is 0 Å². The molecule has 1 atom stereocenters. The number of aryl methyl sites for hydroxylation is 1. The number of thiophene rings is 1. The third kappa shape index (κ3) is 8.79. The second-order valence-electron chi connectivity index (χ2n) is 6.96. The Balaban J connectivity index is 0.000000456. The Hall–Kier alpha value is -1.52. The fourth-order valence-electron chi connectivity index (χ4n) is 2.97. The maximum Gasteiger partial charge on any atom is 0.0877 e. The summed E-state index contributed by atoms with van der Waals surface area (Å²) in [4.78, 5) is 4.54. The fourth-order valence-corrected chi connectivity index (χ4v) is 3.76. The minimum Gasteiger partial charge on any atom is -0.513 e. The molecule has 2 N–H and O–H groups in total. The molecule has 5 heteroatoms. The van der Waals surface area contributed by atoms with E-state index in [1.807, 2.05) is 6.20 Å². The number of pyridine rings is 1. The summed E-state index contributed by atoms with van der Waals surface area (Å²) < 4.78 is 1.29. The van der Waals surface area contributed by atoms with Gasteiger partial charge in [-0.25, -0.2) is 0 Å². The van der Waals surface area contributed by atoms with Gasteiger partial charge in [0.15, 0.2) is 0 Å². The number of aliphatic hydroxyl groups is 2. The molecule has 0 amide bonds. The van der Waals surface area contributed by atoms with Crippen LogP contribution in [0.3, 0.4) is 0 Å². The standard InChI is InChI=1S/C19H20NS.C5H10O2.Ir/c1-2-3-4-5-6-15-7-9-16(10-8-15)19-17-12-14-21-18(17)11-13-20-19;1-4(6)3-5(2)7;/h7-9,11-14H,2-6H2,1H3;3-4,6-7H,1-2H3;/q-1;;/b;5-3-;. The first-order valence-corrected chi connectivity index (χ1v) is 10.8. The molecule has 3 aromatic rings. The van der Waals surface area contributed by atoms with Gasteiger partial charge in [0.05, 0.1) is 11.9 Å². The van der Waals surface area contributed by atoms with E-state index in [2.05, 4.69) is 53.7 Å². The zero-order valence-electron chi connectivity index (χ0n) is 17.3. The number of hydrogen-bond donors (Lipinski definition) is 2. The van der Waals surface area contributed by atoms with Gasteiger partial charge in [-0.3, -0.25) is 0 Å². The van der Waals surface area contributed by atoms with Gasteiger partial charge >= 0.3 is 0 Å². The van der Waals surface area contributed by atoms with Crippen LogP contribution in [0.5, 0.6) is 0 Å². The Kier molecular flexibility index (Phi) is 12.0. The fraction of sp³-hybridized carbons (Fsp3) is 0.375. The van der Waals surface area contributed by atoms with Crippen molar-refractivity contribution in [3.63, 3.8) is 0 Å². The molecule has 0 aliphatic rings. The molecule has 2 aromatic heterocycles. The molecule has 2 heterocycles. The molecule has 0 saturated carbocycles. The molecule has 159 valence electrons. The SMILES string of the molecule is C/C(O)=C/C(C)O.CCCCCCc1c[c-]c(-c2nccc3sccc23)cc1.[Ir]. The van der Waals surface area contributed by atoms with Crippen molar-refractivity contribution in [1.29, 1.82) is 0 Å². The summed E-state index contributed by atoms with van der Waals surface area (Å²) in [6, 6.07) is 14.2. The molecule has 0 aliphatic carbocycles. The van der Waals surface area contributed by atoms with Crippen molar-refractivity contribution in [2.45, 2.75) is 59.0 Å². The molecule has 1 radical (unpaired) electrons. The van der Waals surface area contributed by atoms with Gasteiger partial charge in [-0.15, -0.1) is 46.7 Å². The zero-order valence-corrected chi connectivity index (χ0v) is 20.5. The van der Waals surface area contributed by atoms with Crippen molar-refractivity contribution < 1.29 is 30.3 Å². The molecule has 3 nitrogen and oxygen atoms in total. The number of unbranched alkanes of at least 4 members (excludes halogenated alkanes) is 3. The Bertz CT molecular complexity index is 868. The minimum absolute atomic E-state index is 0. The number of benzene rings is 1. The number of rotatable bonds is 7. The molecule has 3 rings (SSSR count). The van der Waals surface area contributed by atoms with E-state index in [4.69, 9.17) is 10.2 Å². The zero-order chi connectivity index (χ0) is 20.4. The van der Waals surface area contributed by atoms with Crippen molar-refractivity contribution in [3.05, 3.63) is 65.4 Å². The summed E-state index contributed by atoms with van der Waals surface area (Å²) in [5.74, 6) is 0.162. The van der Waals surface area contributed by atoms with Crippen molar-refractivity contribution >= 4 is 21.4 Å². The first-order valence-electron chi connectivity index (χ1n) is 9.90. The molecular formula is C24H30IrNO2S-. The Morgan fingerprint density at radius 1 is 1.21 bits per heavy atom. The number of aliphatic hydroxyl groups excluding tert-OH is 2. The normalized spacial score (nSPS) is 12.1. The van der Waals surface area contributed by atoms with Gasteiger partial charge in [-0.05, 0) is 42.5 Å². The van der Waals surface area contributed by atoms with E-state index in [1.165, 1.54) is 54.3 Å². The van der Waals surface area contributed by atoms with Crippen LogP contribution in [-0.4, -0.2) is 21.3 Å². The van der Waals surface area contributed by atoms with Crippen LogP contribution in [0.15, 0.2) is 53.7 Å². The first kappa shape index (κ1) is 25.5. The molecular weight excluding hydrogens is 559 g/mol. The van der Waals surface area contributed by atoms with Crippen molar-refractivity contribution in [3.8, 4) is 11.3 Å². The predicted molar refractivity (Wildman–Crippen MR) is 120 cm³/mol. The molecule has 0 fully saturated rings. The maximum atomic E-state index is 8.49. The number of fused-ring (bicyclic) bond motifs is 1. The summed E-state index contributed by atoms with van der Waals surface area (Å²) in [6.07, 6.45) is 9.11. The Labute approximate surface area is 191 Å². The van der Waals surface area contributed by atoms with Crippen LogP contribution < -0.4 is 0 Å². The summed E-state index contributed by atoms with van der Waals surface area (Å²) >= 11 is 1.76. The van der Waals surface area contributed by atoms with Crippen LogP contribution in [0.4, 0.5) is 0 Å². The quantitative estimate of drug-likeness (QED) is 0.183. The van der Waals surface area contributed by atoms with E-state index in [1.54, 1.807) is 18.3 Å². The largest absolute Gasteiger partial charge is 0.513 e. The Morgan fingerprint density at radius 2 is 2.00 bits per heavy atom. The minimum atomic E-state index is -0.537. The number of nitrogens with zero attached hydrogens (tertiary/aromatic N) is 1. The number of hydrogen-bond acceptors (Lipinski definition) is 4. The van der Waals surface area contributed by atoms with Gasteiger partial charge in [0.1, 0.15) is 0 Å². The van der Waals surface area contributed by atoms with Gasteiger partial charge in [-0.2, -0.15) is 0 Å². The smallest absolute Gasteiger partial charge is 0.0877 e. The van der Waals surface area contributed by atoms with Gasteiger partial charge in [0.2, 0.25) is 0 Å². The molecule has 0 bridgehead atoms. The summed E-state index contributed by atoms with van der Waals surface area (Å²) in [5, 5.41) is 20.3. The number of aromatic nitrogens is 1. The second kappa shape index (κ2) is 13.7. The van der Waals surface area contributed by atoms with Crippen LogP contribution in [0.2, 0.25) is 0 Å².